The van der Waals surface area contributed by atoms with E-state index < -0.39 is 15.9 Å². The Morgan fingerprint density at radius 3 is 2.43 bits per heavy atom. The molecule has 0 saturated heterocycles. The monoisotopic (exact) mass is 395 g/mol. The van der Waals surface area contributed by atoms with Gasteiger partial charge < -0.3 is 5.32 Å². The van der Waals surface area contributed by atoms with Crippen molar-refractivity contribution < 1.29 is 13.2 Å². The van der Waals surface area contributed by atoms with Crippen LogP contribution in [-0.4, -0.2) is 26.4 Å². The van der Waals surface area contributed by atoms with Crippen molar-refractivity contribution in [3.05, 3.63) is 83.7 Å². The van der Waals surface area contributed by atoms with Crippen LogP contribution in [0, 0.1) is 13.8 Å². The van der Waals surface area contributed by atoms with Crippen molar-refractivity contribution in [1.82, 2.24) is 4.98 Å². The standard InChI is InChI=1S/C21H21N3O3S/c1-15-7-9-18(10-8-15)24(3)28(26,27)19-6-4-5-17(13-19)21(25)23-20-14-22-12-11-16(20)2/h4-14H,1-3H3,(H,23,25). The predicted octanol–water partition coefficient (Wildman–Crippen LogP) is 3.78. The summed E-state index contributed by atoms with van der Waals surface area (Å²) in [6, 6.07) is 15.0. The Balaban J connectivity index is 1.88. The van der Waals surface area contributed by atoms with E-state index in [4.69, 9.17) is 0 Å². The molecule has 3 aromatic rings. The van der Waals surface area contributed by atoms with Crippen LogP contribution >= 0.6 is 0 Å². The highest BCUT2D eigenvalue weighted by atomic mass is 32.2. The molecule has 0 bridgehead atoms. The molecular weight excluding hydrogens is 374 g/mol. The van der Waals surface area contributed by atoms with Crippen LogP contribution in [0.15, 0.2) is 71.9 Å². The number of rotatable bonds is 5. The van der Waals surface area contributed by atoms with Gasteiger partial charge >= 0.3 is 0 Å². The number of hydrogen-bond donors (Lipinski definition) is 1. The minimum Gasteiger partial charge on any atom is -0.320 e. The number of hydrogen-bond acceptors (Lipinski definition) is 4. The zero-order chi connectivity index (χ0) is 20.3. The molecule has 0 fully saturated rings. The number of nitrogens with one attached hydrogen (secondary N) is 1. The molecule has 2 aromatic carbocycles. The third-order valence-electron chi connectivity index (χ3n) is 4.44. The molecule has 28 heavy (non-hydrogen) atoms. The third kappa shape index (κ3) is 4.04. The van der Waals surface area contributed by atoms with Gasteiger partial charge in [-0.15, -0.1) is 0 Å². The highest BCUT2D eigenvalue weighted by Gasteiger charge is 2.22. The van der Waals surface area contributed by atoms with E-state index in [2.05, 4.69) is 10.3 Å². The first-order valence-corrected chi connectivity index (χ1v) is 10.1. The minimum atomic E-state index is -3.80. The number of pyridine rings is 1. The quantitative estimate of drug-likeness (QED) is 0.713. The lowest BCUT2D eigenvalue weighted by Gasteiger charge is -2.20. The molecule has 144 valence electrons. The first-order chi connectivity index (χ1) is 13.3. The largest absolute Gasteiger partial charge is 0.320 e. The predicted molar refractivity (Wildman–Crippen MR) is 110 cm³/mol. The molecule has 0 radical (unpaired) electrons. The SMILES string of the molecule is Cc1ccc(N(C)S(=O)(=O)c2cccc(C(=O)Nc3cnccc3C)c2)cc1. The third-order valence-corrected chi connectivity index (χ3v) is 6.22. The Morgan fingerprint density at radius 1 is 1.04 bits per heavy atom. The maximum Gasteiger partial charge on any atom is 0.264 e. The summed E-state index contributed by atoms with van der Waals surface area (Å²) in [5, 5.41) is 2.76. The van der Waals surface area contributed by atoms with Gasteiger partial charge in [0.05, 0.1) is 22.5 Å². The van der Waals surface area contributed by atoms with Gasteiger partial charge in [-0.2, -0.15) is 0 Å². The number of aromatic nitrogens is 1. The smallest absolute Gasteiger partial charge is 0.264 e. The fraction of sp³-hybridized carbons (Fsp3) is 0.143. The maximum absolute atomic E-state index is 13.0. The van der Waals surface area contributed by atoms with Gasteiger partial charge in [0.2, 0.25) is 0 Å². The summed E-state index contributed by atoms with van der Waals surface area (Å²) in [5.41, 5.74) is 3.29. The summed E-state index contributed by atoms with van der Waals surface area (Å²) >= 11 is 0. The molecule has 0 aliphatic rings. The Hall–Kier alpha value is -3.19. The van der Waals surface area contributed by atoms with Gasteiger partial charge in [-0.05, 0) is 55.8 Å². The Bertz CT molecular complexity index is 1110. The number of carbonyl (C=O) groups excluding carboxylic acids is 1. The molecule has 0 aliphatic carbocycles. The maximum atomic E-state index is 13.0. The van der Waals surface area contributed by atoms with Gasteiger partial charge in [0.1, 0.15) is 0 Å². The first-order valence-electron chi connectivity index (χ1n) is 8.66. The topological polar surface area (TPSA) is 79.4 Å². The lowest BCUT2D eigenvalue weighted by atomic mass is 10.2. The highest BCUT2D eigenvalue weighted by Crippen LogP contribution is 2.23. The molecule has 1 N–H and O–H groups in total. The number of nitrogens with zero attached hydrogens (tertiary/aromatic N) is 2. The summed E-state index contributed by atoms with van der Waals surface area (Å²) in [5.74, 6) is -0.397. The van der Waals surface area contributed by atoms with E-state index in [0.717, 1.165) is 11.1 Å². The van der Waals surface area contributed by atoms with E-state index in [1.807, 2.05) is 26.0 Å². The van der Waals surface area contributed by atoms with Crippen LogP contribution in [0.25, 0.3) is 0 Å². The Kier molecular flexibility index (Phi) is 5.46. The zero-order valence-corrected chi connectivity index (χ0v) is 16.7. The molecule has 0 saturated carbocycles. The fourth-order valence-electron chi connectivity index (χ4n) is 2.64. The van der Waals surface area contributed by atoms with E-state index in [1.165, 1.54) is 23.5 Å². The minimum absolute atomic E-state index is 0.0473. The van der Waals surface area contributed by atoms with E-state index in [9.17, 15) is 13.2 Å². The molecule has 3 rings (SSSR count). The Labute approximate surface area is 164 Å². The van der Waals surface area contributed by atoms with Crippen LogP contribution in [0.2, 0.25) is 0 Å². The molecule has 1 aromatic heterocycles. The number of benzene rings is 2. The second-order valence-corrected chi connectivity index (χ2v) is 8.45. The van der Waals surface area contributed by atoms with Gasteiger partial charge in [0.25, 0.3) is 15.9 Å². The van der Waals surface area contributed by atoms with Crippen molar-refractivity contribution in [1.29, 1.82) is 0 Å². The molecular formula is C21H21N3O3S. The fourth-order valence-corrected chi connectivity index (χ4v) is 3.88. The number of sulfonamides is 1. The summed E-state index contributed by atoms with van der Waals surface area (Å²) in [7, 11) is -2.31. The summed E-state index contributed by atoms with van der Waals surface area (Å²) in [6.07, 6.45) is 3.19. The molecule has 7 heteroatoms. The van der Waals surface area contributed by atoms with Crippen molar-refractivity contribution in [2.24, 2.45) is 0 Å². The van der Waals surface area contributed by atoms with Crippen molar-refractivity contribution in [3.63, 3.8) is 0 Å². The Morgan fingerprint density at radius 2 is 1.75 bits per heavy atom. The second kappa shape index (κ2) is 7.82. The van der Waals surface area contributed by atoms with Crippen molar-refractivity contribution >= 4 is 27.3 Å². The van der Waals surface area contributed by atoms with Crippen LogP contribution in [0.1, 0.15) is 21.5 Å². The van der Waals surface area contributed by atoms with E-state index in [-0.39, 0.29) is 10.5 Å². The van der Waals surface area contributed by atoms with Gasteiger partial charge in [0, 0.05) is 18.8 Å². The van der Waals surface area contributed by atoms with Crippen molar-refractivity contribution in [2.75, 3.05) is 16.7 Å². The van der Waals surface area contributed by atoms with E-state index in [0.29, 0.717) is 11.4 Å². The lowest BCUT2D eigenvalue weighted by Crippen LogP contribution is -2.26. The van der Waals surface area contributed by atoms with E-state index in [1.54, 1.807) is 42.7 Å². The molecule has 0 aliphatic heterocycles. The molecule has 0 atom stereocenters. The van der Waals surface area contributed by atoms with Gasteiger partial charge in [-0.1, -0.05) is 23.8 Å². The van der Waals surface area contributed by atoms with E-state index >= 15 is 0 Å². The molecule has 1 amide bonds. The second-order valence-electron chi connectivity index (χ2n) is 6.48. The molecule has 6 nitrogen and oxygen atoms in total. The van der Waals surface area contributed by atoms with Crippen LogP contribution in [-0.2, 0) is 10.0 Å². The number of carbonyl (C=O) groups is 1. The molecule has 0 spiro atoms. The lowest BCUT2D eigenvalue weighted by molar-refractivity contribution is 0.102. The molecule has 0 unspecified atom stereocenters. The number of anilines is 2. The van der Waals surface area contributed by atoms with Crippen molar-refractivity contribution in [3.8, 4) is 0 Å². The average Bonchev–Trinajstić information content (AvgIpc) is 2.70. The van der Waals surface area contributed by atoms with Crippen molar-refractivity contribution in [2.45, 2.75) is 18.7 Å². The highest BCUT2D eigenvalue weighted by molar-refractivity contribution is 7.92. The summed E-state index contributed by atoms with van der Waals surface area (Å²) < 4.78 is 27.2. The van der Waals surface area contributed by atoms with Crippen LogP contribution < -0.4 is 9.62 Å². The van der Waals surface area contributed by atoms with Crippen LogP contribution in [0.3, 0.4) is 0 Å². The average molecular weight is 395 g/mol. The number of aryl methyl sites for hydroxylation is 2. The van der Waals surface area contributed by atoms with Crippen LogP contribution in [0.4, 0.5) is 11.4 Å². The normalized spacial score (nSPS) is 11.1. The first kappa shape index (κ1) is 19.6. The number of amides is 1. The van der Waals surface area contributed by atoms with Crippen LogP contribution in [0.5, 0.6) is 0 Å². The molecule has 1 heterocycles. The summed E-state index contributed by atoms with van der Waals surface area (Å²) in [4.78, 5) is 16.6. The summed E-state index contributed by atoms with van der Waals surface area (Å²) in [6.45, 7) is 3.79. The zero-order valence-electron chi connectivity index (χ0n) is 15.9. The van der Waals surface area contributed by atoms with Gasteiger partial charge in [-0.25, -0.2) is 8.42 Å². The van der Waals surface area contributed by atoms with Gasteiger partial charge in [-0.3, -0.25) is 14.1 Å². The van der Waals surface area contributed by atoms with Gasteiger partial charge in [0.15, 0.2) is 0 Å².